The van der Waals surface area contributed by atoms with Crippen LogP contribution in [-0.4, -0.2) is 15.0 Å². The Balaban J connectivity index is 1.23. The van der Waals surface area contributed by atoms with Crippen molar-refractivity contribution in [1.82, 2.24) is 15.0 Å². The monoisotopic (exact) mass is 657 g/mol. The first-order valence-electron chi connectivity index (χ1n) is 16.6. The molecule has 5 heteroatoms. The molecule has 4 heterocycles. The Morgan fingerprint density at radius 2 is 1.18 bits per heavy atom. The normalized spacial score (nSPS) is 11.6. The second-order valence-corrected chi connectivity index (χ2v) is 13.5. The van der Waals surface area contributed by atoms with Gasteiger partial charge in [-0.2, -0.15) is 0 Å². The van der Waals surface area contributed by atoms with Gasteiger partial charge in [0.25, 0.3) is 0 Å². The van der Waals surface area contributed by atoms with Crippen LogP contribution in [0.5, 0.6) is 0 Å². The molecule has 50 heavy (non-hydrogen) atoms. The van der Waals surface area contributed by atoms with Gasteiger partial charge in [-0.05, 0) is 53.6 Å². The van der Waals surface area contributed by atoms with Crippen molar-refractivity contribution < 1.29 is 4.42 Å². The summed E-state index contributed by atoms with van der Waals surface area (Å²) >= 11 is 1.83. The van der Waals surface area contributed by atoms with Crippen LogP contribution in [0.3, 0.4) is 0 Å². The van der Waals surface area contributed by atoms with E-state index in [1.807, 2.05) is 53.9 Å². The number of para-hydroxylation sites is 1. The van der Waals surface area contributed by atoms with Gasteiger partial charge in [0.15, 0.2) is 5.82 Å². The van der Waals surface area contributed by atoms with Gasteiger partial charge in [0, 0.05) is 71.2 Å². The topological polar surface area (TPSA) is 51.8 Å². The molecule has 0 aliphatic heterocycles. The molecule has 4 aromatic heterocycles. The Morgan fingerprint density at radius 1 is 0.460 bits per heavy atom. The van der Waals surface area contributed by atoms with E-state index in [1.54, 1.807) is 6.20 Å². The molecule has 0 unspecified atom stereocenters. The summed E-state index contributed by atoms with van der Waals surface area (Å²) in [6.45, 7) is 0. The number of pyridine rings is 1. The van der Waals surface area contributed by atoms with Gasteiger partial charge in [0.05, 0.1) is 11.4 Å². The van der Waals surface area contributed by atoms with E-state index in [4.69, 9.17) is 14.4 Å². The number of nitrogens with zero attached hydrogens (tertiary/aromatic N) is 3. The maximum atomic E-state index is 6.79. The third-order valence-corrected chi connectivity index (χ3v) is 10.5. The van der Waals surface area contributed by atoms with Gasteiger partial charge in [-0.15, -0.1) is 11.3 Å². The zero-order chi connectivity index (χ0) is 33.0. The van der Waals surface area contributed by atoms with Gasteiger partial charge < -0.3 is 4.42 Å². The lowest BCUT2D eigenvalue weighted by Crippen LogP contribution is -1.97. The highest BCUT2D eigenvalue weighted by Gasteiger charge is 2.21. The summed E-state index contributed by atoms with van der Waals surface area (Å²) < 4.78 is 9.33. The van der Waals surface area contributed by atoms with E-state index in [-0.39, 0.29) is 0 Å². The summed E-state index contributed by atoms with van der Waals surface area (Å²) in [5.74, 6) is 0.659. The van der Waals surface area contributed by atoms with Crippen molar-refractivity contribution in [3.05, 3.63) is 164 Å². The molecule has 4 nitrogen and oxygen atoms in total. The Morgan fingerprint density at radius 3 is 2.08 bits per heavy atom. The van der Waals surface area contributed by atoms with Crippen molar-refractivity contribution in [1.29, 1.82) is 0 Å². The number of furan rings is 1. The van der Waals surface area contributed by atoms with E-state index in [9.17, 15) is 0 Å². The molecule has 0 fully saturated rings. The summed E-state index contributed by atoms with van der Waals surface area (Å²) in [5.41, 5.74) is 10.7. The third kappa shape index (κ3) is 4.71. The number of hydrogen-bond acceptors (Lipinski definition) is 5. The predicted molar refractivity (Wildman–Crippen MR) is 207 cm³/mol. The number of hydrogen-bond donors (Lipinski definition) is 0. The fourth-order valence-corrected chi connectivity index (χ4v) is 8.23. The van der Waals surface area contributed by atoms with Gasteiger partial charge >= 0.3 is 0 Å². The van der Waals surface area contributed by atoms with Crippen molar-refractivity contribution >= 4 is 53.4 Å². The second kappa shape index (κ2) is 11.6. The molecular formula is C45H27N3OS. The lowest BCUT2D eigenvalue weighted by Gasteiger charge is -2.13. The fraction of sp³-hybridized carbons (Fsp3) is 0. The fourth-order valence-electron chi connectivity index (χ4n) is 7.10. The zero-order valence-electron chi connectivity index (χ0n) is 26.7. The minimum atomic E-state index is 0.659. The van der Waals surface area contributed by atoms with Crippen LogP contribution in [0.4, 0.5) is 0 Å². The van der Waals surface area contributed by atoms with Crippen LogP contribution in [0.1, 0.15) is 0 Å². The smallest absolute Gasteiger partial charge is 0.160 e. The third-order valence-electron chi connectivity index (χ3n) is 9.41. The highest BCUT2D eigenvalue weighted by atomic mass is 32.1. The van der Waals surface area contributed by atoms with E-state index < -0.39 is 0 Å². The van der Waals surface area contributed by atoms with Crippen LogP contribution in [0.25, 0.3) is 98.3 Å². The minimum Gasteiger partial charge on any atom is -0.455 e. The first-order chi connectivity index (χ1) is 24.8. The van der Waals surface area contributed by atoms with Crippen molar-refractivity contribution in [3.8, 4) is 56.2 Å². The maximum absolute atomic E-state index is 6.79. The molecule has 0 aliphatic carbocycles. The number of thiophene rings is 1. The highest BCUT2D eigenvalue weighted by molar-refractivity contribution is 7.25. The zero-order valence-corrected chi connectivity index (χ0v) is 27.6. The summed E-state index contributed by atoms with van der Waals surface area (Å²) in [7, 11) is 0. The first-order valence-corrected chi connectivity index (χ1v) is 17.4. The van der Waals surface area contributed by atoms with Gasteiger partial charge in [-0.3, -0.25) is 4.98 Å². The van der Waals surface area contributed by atoms with Crippen molar-refractivity contribution in [2.24, 2.45) is 0 Å². The van der Waals surface area contributed by atoms with Crippen LogP contribution in [0, 0.1) is 0 Å². The van der Waals surface area contributed by atoms with E-state index in [0.717, 1.165) is 72.3 Å². The summed E-state index contributed by atoms with van der Waals surface area (Å²) in [5, 5.41) is 4.62. The SMILES string of the molecule is c1ccc(-c2cc(-c3ccc(-c4cccc5sc6ccccc6c45)c4oc5ccccc5c34)nc(-c3cccc(-c4cccnc4)c3)n2)cc1. The predicted octanol–water partition coefficient (Wildman–Crippen LogP) is 12.5. The van der Waals surface area contributed by atoms with Gasteiger partial charge in [-0.25, -0.2) is 9.97 Å². The molecule has 6 aromatic carbocycles. The van der Waals surface area contributed by atoms with Crippen molar-refractivity contribution in [2.75, 3.05) is 0 Å². The quantitative estimate of drug-likeness (QED) is 0.185. The summed E-state index contributed by atoms with van der Waals surface area (Å²) in [6.07, 6.45) is 3.67. The van der Waals surface area contributed by atoms with Gasteiger partial charge in [0.1, 0.15) is 11.2 Å². The van der Waals surface area contributed by atoms with Gasteiger partial charge in [-0.1, -0.05) is 109 Å². The van der Waals surface area contributed by atoms with Crippen LogP contribution in [-0.2, 0) is 0 Å². The Kier molecular flexibility index (Phi) is 6.64. The summed E-state index contributed by atoms with van der Waals surface area (Å²) in [6, 6.07) is 52.8. The molecule has 0 N–H and O–H groups in total. The first kappa shape index (κ1) is 28.6. The van der Waals surface area contributed by atoms with Crippen LogP contribution < -0.4 is 0 Å². The number of fused-ring (bicyclic) bond motifs is 6. The average Bonchev–Trinajstić information content (AvgIpc) is 3.77. The number of rotatable bonds is 5. The molecule has 234 valence electrons. The Bertz CT molecular complexity index is 2870. The molecule has 0 aliphatic rings. The lowest BCUT2D eigenvalue weighted by atomic mass is 9.94. The number of benzene rings is 6. The van der Waals surface area contributed by atoms with Crippen LogP contribution in [0.15, 0.2) is 168 Å². The van der Waals surface area contributed by atoms with E-state index in [0.29, 0.717) is 5.82 Å². The van der Waals surface area contributed by atoms with Crippen LogP contribution in [0.2, 0.25) is 0 Å². The highest BCUT2D eigenvalue weighted by Crippen LogP contribution is 2.46. The largest absolute Gasteiger partial charge is 0.455 e. The molecule has 10 aromatic rings. The lowest BCUT2D eigenvalue weighted by molar-refractivity contribution is 0.670. The van der Waals surface area contributed by atoms with Crippen molar-refractivity contribution in [3.63, 3.8) is 0 Å². The molecule has 0 saturated carbocycles. The number of aromatic nitrogens is 3. The van der Waals surface area contributed by atoms with E-state index in [2.05, 4.69) is 120 Å². The minimum absolute atomic E-state index is 0.659. The molecule has 0 bridgehead atoms. The van der Waals surface area contributed by atoms with E-state index >= 15 is 0 Å². The standard InChI is InChI=1S/C45H27N3OS/c1-2-11-28(12-3-1)37-26-38(48-45(47-37)30-14-8-13-29(25-30)31-15-10-24-46-27-31)34-23-22-33(44-43(34)35-16-4-6-19-39(35)49-44)32-18-9-21-41-42(32)36-17-5-7-20-40(36)50-41/h1-27H. The maximum Gasteiger partial charge on any atom is 0.160 e. The summed E-state index contributed by atoms with van der Waals surface area (Å²) in [4.78, 5) is 14.8. The molecular weight excluding hydrogens is 631 g/mol. The molecule has 0 radical (unpaired) electrons. The molecule has 0 spiro atoms. The molecule has 0 amide bonds. The Labute approximate surface area is 292 Å². The molecule has 10 rings (SSSR count). The molecule has 0 saturated heterocycles. The van der Waals surface area contributed by atoms with Gasteiger partial charge in [0.2, 0.25) is 0 Å². The van der Waals surface area contributed by atoms with Crippen molar-refractivity contribution in [2.45, 2.75) is 0 Å². The van der Waals surface area contributed by atoms with Crippen LogP contribution >= 0.6 is 11.3 Å². The molecule has 0 atom stereocenters. The average molecular weight is 658 g/mol. The Hall–Kier alpha value is -6.43. The second-order valence-electron chi connectivity index (χ2n) is 12.4. The van der Waals surface area contributed by atoms with E-state index in [1.165, 1.54) is 20.2 Å².